The second-order valence-corrected chi connectivity index (χ2v) is 5.92. The largest absolute Gasteiger partial charge is 0.394 e. The van der Waals surface area contributed by atoms with Crippen LogP contribution in [-0.2, 0) is 6.42 Å². The molecule has 1 saturated carbocycles. The quantitative estimate of drug-likeness (QED) is 0.771. The van der Waals surface area contributed by atoms with Crippen LogP contribution in [0.4, 0.5) is 11.6 Å². The highest BCUT2D eigenvalue weighted by atomic mass is 16.3. The number of anilines is 2. The third-order valence-corrected chi connectivity index (χ3v) is 4.13. The van der Waals surface area contributed by atoms with Crippen molar-refractivity contribution >= 4 is 11.6 Å². The molecule has 2 atom stereocenters. The van der Waals surface area contributed by atoms with E-state index >= 15 is 0 Å². The van der Waals surface area contributed by atoms with E-state index in [0.717, 1.165) is 43.1 Å². The molecule has 5 heteroatoms. The highest BCUT2D eigenvalue weighted by Gasteiger charge is 2.34. The molecule has 2 rings (SSSR count). The third kappa shape index (κ3) is 3.39. The minimum atomic E-state index is -0.234. The maximum atomic E-state index is 9.85. The first kappa shape index (κ1) is 15.0. The molecule has 20 heavy (non-hydrogen) atoms. The Morgan fingerprint density at radius 3 is 2.75 bits per heavy atom. The number of aromatic nitrogens is 2. The van der Waals surface area contributed by atoms with Gasteiger partial charge in [-0.1, -0.05) is 26.7 Å². The summed E-state index contributed by atoms with van der Waals surface area (Å²) in [5.41, 5.74) is -0.234. The fourth-order valence-corrected chi connectivity index (χ4v) is 3.08. The number of aryl methyl sites for hydroxylation is 1. The molecular weight excluding hydrogens is 252 g/mol. The lowest BCUT2D eigenvalue weighted by atomic mass is 9.77. The van der Waals surface area contributed by atoms with Crippen molar-refractivity contribution in [1.29, 1.82) is 0 Å². The maximum Gasteiger partial charge on any atom is 0.132 e. The highest BCUT2D eigenvalue weighted by molar-refractivity contribution is 5.49. The molecule has 0 bridgehead atoms. The Morgan fingerprint density at radius 2 is 2.15 bits per heavy atom. The Kier molecular flexibility index (Phi) is 4.81. The van der Waals surface area contributed by atoms with Crippen LogP contribution < -0.4 is 10.6 Å². The van der Waals surface area contributed by atoms with E-state index in [0.29, 0.717) is 5.92 Å². The second kappa shape index (κ2) is 6.39. The lowest BCUT2D eigenvalue weighted by molar-refractivity contribution is 0.149. The number of rotatable bonds is 5. The molecule has 0 aliphatic heterocycles. The summed E-state index contributed by atoms with van der Waals surface area (Å²) in [6, 6.07) is 1.91. The summed E-state index contributed by atoms with van der Waals surface area (Å²) in [5, 5.41) is 16.4. The summed E-state index contributed by atoms with van der Waals surface area (Å²) < 4.78 is 0. The smallest absolute Gasteiger partial charge is 0.132 e. The van der Waals surface area contributed by atoms with Crippen molar-refractivity contribution in [2.45, 2.75) is 51.5 Å². The van der Waals surface area contributed by atoms with E-state index in [9.17, 15) is 5.11 Å². The van der Waals surface area contributed by atoms with Gasteiger partial charge in [0.05, 0.1) is 12.1 Å². The Balaban J connectivity index is 2.22. The summed E-state index contributed by atoms with van der Waals surface area (Å²) >= 11 is 0. The lowest BCUT2D eigenvalue weighted by Crippen LogP contribution is -2.46. The predicted molar refractivity (Wildman–Crippen MR) is 82.0 cm³/mol. The summed E-state index contributed by atoms with van der Waals surface area (Å²) in [7, 11) is 1.86. The van der Waals surface area contributed by atoms with Gasteiger partial charge in [-0.25, -0.2) is 9.97 Å². The molecule has 0 amide bonds. The van der Waals surface area contributed by atoms with E-state index in [1.165, 1.54) is 6.42 Å². The molecule has 0 saturated heterocycles. The molecule has 0 spiro atoms. The molecule has 1 heterocycles. The number of hydrogen-bond donors (Lipinski definition) is 3. The van der Waals surface area contributed by atoms with Gasteiger partial charge in [0.1, 0.15) is 17.5 Å². The van der Waals surface area contributed by atoms with Crippen molar-refractivity contribution in [3.8, 4) is 0 Å². The number of aliphatic hydroxyl groups excluding tert-OH is 1. The van der Waals surface area contributed by atoms with Gasteiger partial charge in [-0.15, -0.1) is 0 Å². The molecule has 1 aromatic rings. The Bertz CT molecular complexity index is 429. The fourth-order valence-electron chi connectivity index (χ4n) is 3.08. The van der Waals surface area contributed by atoms with Gasteiger partial charge in [0, 0.05) is 19.5 Å². The molecule has 5 nitrogen and oxygen atoms in total. The Hall–Kier alpha value is -1.36. The summed E-state index contributed by atoms with van der Waals surface area (Å²) in [5.74, 6) is 3.08. The number of nitrogens with one attached hydrogen (secondary N) is 2. The van der Waals surface area contributed by atoms with E-state index < -0.39 is 0 Å². The molecule has 2 unspecified atom stereocenters. The predicted octanol–water partition coefficient (Wildman–Crippen LogP) is 2.43. The molecule has 1 aliphatic carbocycles. The van der Waals surface area contributed by atoms with Crippen molar-refractivity contribution < 1.29 is 5.11 Å². The molecular formula is C15H26N4O. The summed E-state index contributed by atoms with van der Waals surface area (Å²) in [6.45, 7) is 4.45. The zero-order valence-electron chi connectivity index (χ0n) is 12.7. The minimum absolute atomic E-state index is 0.150. The SMILES string of the molecule is CCc1nc(NC)cc(NC2(CO)CCCC(C)C2)n1. The summed E-state index contributed by atoms with van der Waals surface area (Å²) in [4.78, 5) is 8.94. The first-order valence-electron chi connectivity index (χ1n) is 7.55. The van der Waals surface area contributed by atoms with Gasteiger partial charge in [0.15, 0.2) is 0 Å². The molecule has 1 aliphatic rings. The maximum absolute atomic E-state index is 9.85. The van der Waals surface area contributed by atoms with Gasteiger partial charge in [0.25, 0.3) is 0 Å². The van der Waals surface area contributed by atoms with Crippen molar-refractivity contribution in [3.05, 3.63) is 11.9 Å². The lowest BCUT2D eigenvalue weighted by Gasteiger charge is -2.39. The van der Waals surface area contributed by atoms with Gasteiger partial charge in [-0.05, 0) is 18.8 Å². The fraction of sp³-hybridized carbons (Fsp3) is 0.733. The normalized spacial score (nSPS) is 26.3. The first-order chi connectivity index (χ1) is 9.60. The summed E-state index contributed by atoms with van der Waals surface area (Å²) in [6.07, 6.45) is 5.18. The molecule has 3 N–H and O–H groups in total. The third-order valence-electron chi connectivity index (χ3n) is 4.13. The van der Waals surface area contributed by atoms with E-state index in [4.69, 9.17) is 0 Å². The second-order valence-electron chi connectivity index (χ2n) is 5.92. The van der Waals surface area contributed by atoms with Crippen LogP contribution in [0.25, 0.3) is 0 Å². The average Bonchev–Trinajstić information content (AvgIpc) is 2.46. The highest BCUT2D eigenvalue weighted by Crippen LogP contribution is 2.34. The van der Waals surface area contributed by atoms with Gasteiger partial charge < -0.3 is 15.7 Å². The van der Waals surface area contributed by atoms with Crippen LogP contribution >= 0.6 is 0 Å². The molecule has 1 aromatic heterocycles. The van der Waals surface area contributed by atoms with E-state index in [1.54, 1.807) is 0 Å². The monoisotopic (exact) mass is 278 g/mol. The zero-order valence-corrected chi connectivity index (χ0v) is 12.7. The van der Waals surface area contributed by atoms with E-state index in [2.05, 4.69) is 27.5 Å². The van der Waals surface area contributed by atoms with Crippen molar-refractivity contribution in [2.75, 3.05) is 24.3 Å². The van der Waals surface area contributed by atoms with Crippen molar-refractivity contribution in [3.63, 3.8) is 0 Å². The van der Waals surface area contributed by atoms with Gasteiger partial charge >= 0.3 is 0 Å². The van der Waals surface area contributed by atoms with E-state index in [-0.39, 0.29) is 12.1 Å². The minimum Gasteiger partial charge on any atom is -0.394 e. The number of aliphatic hydroxyl groups is 1. The average molecular weight is 278 g/mol. The van der Waals surface area contributed by atoms with Gasteiger partial charge in [-0.2, -0.15) is 0 Å². The van der Waals surface area contributed by atoms with Crippen LogP contribution in [0.3, 0.4) is 0 Å². The van der Waals surface area contributed by atoms with Gasteiger partial charge in [-0.3, -0.25) is 0 Å². The van der Waals surface area contributed by atoms with Crippen LogP contribution in [0.2, 0.25) is 0 Å². The topological polar surface area (TPSA) is 70.1 Å². The van der Waals surface area contributed by atoms with Crippen molar-refractivity contribution in [1.82, 2.24) is 9.97 Å². The van der Waals surface area contributed by atoms with Crippen LogP contribution in [0.1, 0.15) is 45.4 Å². The van der Waals surface area contributed by atoms with E-state index in [1.807, 2.05) is 20.0 Å². The van der Waals surface area contributed by atoms with Crippen LogP contribution in [0, 0.1) is 5.92 Å². The Morgan fingerprint density at radius 1 is 1.40 bits per heavy atom. The number of hydrogen-bond acceptors (Lipinski definition) is 5. The first-order valence-corrected chi connectivity index (χ1v) is 7.55. The van der Waals surface area contributed by atoms with Gasteiger partial charge in [0.2, 0.25) is 0 Å². The standard InChI is InChI=1S/C15H26N4O/c1-4-12-17-13(16-3)8-14(18-12)19-15(10-20)7-5-6-11(2)9-15/h8,11,20H,4-7,9-10H2,1-3H3,(H2,16,17,18,19). The van der Waals surface area contributed by atoms with Crippen molar-refractivity contribution in [2.24, 2.45) is 5.92 Å². The zero-order chi connectivity index (χ0) is 14.6. The van der Waals surface area contributed by atoms with Crippen LogP contribution in [0.15, 0.2) is 6.07 Å². The number of nitrogens with zero attached hydrogens (tertiary/aromatic N) is 2. The Labute approximate surface area is 121 Å². The molecule has 0 aromatic carbocycles. The molecule has 1 fully saturated rings. The van der Waals surface area contributed by atoms with Crippen LogP contribution in [-0.4, -0.2) is 34.3 Å². The molecule has 0 radical (unpaired) electrons. The van der Waals surface area contributed by atoms with Crippen LogP contribution in [0.5, 0.6) is 0 Å². The molecule has 112 valence electrons.